The van der Waals surface area contributed by atoms with Gasteiger partial charge in [0.25, 0.3) is 5.91 Å². The number of hydrogen-bond donors (Lipinski definition) is 3. The SMILES string of the molecule is CN=C(NCCc1cccc(C(=O)N(C)C)c1)NCC(C)(C)NC(C)c1ccccc1.I. The highest BCUT2D eigenvalue weighted by molar-refractivity contribution is 14.0. The number of rotatable bonds is 9. The van der Waals surface area contributed by atoms with Gasteiger partial charge in [-0.05, 0) is 50.5 Å². The van der Waals surface area contributed by atoms with Crippen molar-refractivity contribution in [1.82, 2.24) is 20.9 Å². The minimum atomic E-state index is -0.117. The van der Waals surface area contributed by atoms with E-state index in [1.165, 1.54) is 5.56 Å². The van der Waals surface area contributed by atoms with Gasteiger partial charge in [0, 0.05) is 51.4 Å². The van der Waals surface area contributed by atoms with Crippen LogP contribution in [0.1, 0.15) is 48.3 Å². The molecular formula is C25H38IN5O. The Morgan fingerprint density at radius 3 is 2.38 bits per heavy atom. The summed E-state index contributed by atoms with van der Waals surface area (Å²) in [6.07, 6.45) is 0.807. The standard InChI is InChI=1S/C25H37N5O.HI/c1-19(21-12-8-7-9-13-21)29-25(2,3)18-28-24(26-4)27-16-15-20-11-10-14-22(17-20)23(31)30(5)6;/h7-14,17,19,29H,15-16,18H2,1-6H3,(H2,26,27,28);1H. The van der Waals surface area contributed by atoms with Crippen molar-refractivity contribution in [3.05, 3.63) is 71.3 Å². The highest BCUT2D eigenvalue weighted by Gasteiger charge is 2.21. The molecule has 0 fully saturated rings. The molecule has 0 saturated heterocycles. The van der Waals surface area contributed by atoms with E-state index in [1.807, 2.05) is 30.3 Å². The molecule has 6 nitrogen and oxygen atoms in total. The molecule has 0 saturated carbocycles. The second kappa shape index (κ2) is 13.4. The zero-order valence-electron chi connectivity index (χ0n) is 20.1. The highest BCUT2D eigenvalue weighted by Crippen LogP contribution is 2.15. The Kier molecular flexibility index (Phi) is 11.7. The molecule has 2 aromatic rings. The van der Waals surface area contributed by atoms with Crippen LogP contribution in [-0.2, 0) is 6.42 Å². The molecule has 2 rings (SSSR count). The van der Waals surface area contributed by atoms with Gasteiger partial charge in [-0.3, -0.25) is 9.79 Å². The number of amides is 1. The summed E-state index contributed by atoms with van der Waals surface area (Å²) in [5.74, 6) is 0.787. The van der Waals surface area contributed by atoms with Gasteiger partial charge in [0.2, 0.25) is 0 Å². The number of aliphatic imine (C=N–C) groups is 1. The Morgan fingerprint density at radius 1 is 1.06 bits per heavy atom. The molecule has 1 amide bonds. The van der Waals surface area contributed by atoms with Crippen LogP contribution in [0.15, 0.2) is 59.6 Å². The molecule has 0 bridgehead atoms. The predicted molar refractivity (Wildman–Crippen MR) is 145 cm³/mol. The fourth-order valence-electron chi connectivity index (χ4n) is 3.43. The van der Waals surface area contributed by atoms with E-state index in [2.05, 4.69) is 66.0 Å². The summed E-state index contributed by atoms with van der Waals surface area (Å²) in [5.41, 5.74) is 2.99. The molecule has 0 spiro atoms. The van der Waals surface area contributed by atoms with Crippen LogP contribution in [0.2, 0.25) is 0 Å². The summed E-state index contributed by atoms with van der Waals surface area (Å²) in [4.78, 5) is 18.1. The number of guanidine groups is 1. The maximum Gasteiger partial charge on any atom is 0.253 e. The minimum Gasteiger partial charge on any atom is -0.356 e. The lowest BCUT2D eigenvalue weighted by Crippen LogP contribution is -2.52. The van der Waals surface area contributed by atoms with Gasteiger partial charge in [0.05, 0.1) is 0 Å². The number of hydrogen-bond acceptors (Lipinski definition) is 3. The first-order valence-electron chi connectivity index (χ1n) is 10.8. The van der Waals surface area contributed by atoms with Crippen molar-refractivity contribution in [2.24, 2.45) is 4.99 Å². The van der Waals surface area contributed by atoms with Crippen molar-refractivity contribution in [3.8, 4) is 0 Å². The fraction of sp³-hybridized carbons (Fsp3) is 0.440. The molecular weight excluding hydrogens is 513 g/mol. The maximum absolute atomic E-state index is 12.1. The van der Waals surface area contributed by atoms with Crippen molar-refractivity contribution in [2.75, 3.05) is 34.2 Å². The lowest BCUT2D eigenvalue weighted by atomic mass is 10.0. The van der Waals surface area contributed by atoms with E-state index in [4.69, 9.17) is 0 Å². The lowest BCUT2D eigenvalue weighted by Gasteiger charge is -2.31. The van der Waals surface area contributed by atoms with Crippen LogP contribution >= 0.6 is 24.0 Å². The molecule has 1 atom stereocenters. The predicted octanol–water partition coefficient (Wildman–Crippen LogP) is 3.84. The third-order valence-corrected chi connectivity index (χ3v) is 5.11. The van der Waals surface area contributed by atoms with E-state index in [9.17, 15) is 4.79 Å². The van der Waals surface area contributed by atoms with Crippen molar-refractivity contribution < 1.29 is 4.79 Å². The zero-order chi connectivity index (χ0) is 22.9. The van der Waals surface area contributed by atoms with Gasteiger partial charge in [-0.2, -0.15) is 0 Å². The first-order valence-corrected chi connectivity index (χ1v) is 10.8. The average molecular weight is 552 g/mol. The summed E-state index contributed by atoms with van der Waals surface area (Å²) in [6.45, 7) is 8.00. The topological polar surface area (TPSA) is 68.8 Å². The van der Waals surface area contributed by atoms with Gasteiger partial charge in [0.15, 0.2) is 5.96 Å². The molecule has 0 aliphatic carbocycles. The van der Waals surface area contributed by atoms with Crippen LogP contribution in [0.3, 0.4) is 0 Å². The summed E-state index contributed by atoms with van der Waals surface area (Å²) < 4.78 is 0. The first kappa shape index (κ1) is 27.9. The second-order valence-electron chi connectivity index (χ2n) is 8.66. The van der Waals surface area contributed by atoms with Crippen LogP contribution in [0.25, 0.3) is 0 Å². The Morgan fingerprint density at radius 2 is 1.75 bits per heavy atom. The number of nitrogens with one attached hydrogen (secondary N) is 3. The largest absolute Gasteiger partial charge is 0.356 e. The quantitative estimate of drug-likeness (QED) is 0.252. The second-order valence-corrected chi connectivity index (χ2v) is 8.66. The Bertz CT molecular complexity index is 868. The van der Waals surface area contributed by atoms with Crippen molar-refractivity contribution >= 4 is 35.8 Å². The zero-order valence-corrected chi connectivity index (χ0v) is 22.4. The summed E-state index contributed by atoms with van der Waals surface area (Å²) in [5, 5.41) is 10.5. The number of carbonyl (C=O) groups excluding carboxylic acids is 1. The van der Waals surface area contributed by atoms with Gasteiger partial charge in [-0.15, -0.1) is 24.0 Å². The van der Waals surface area contributed by atoms with Gasteiger partial charge < -0.3 is 20.9 Å². The monoisotopic (exact) mass is 551 g/mol. The van der Waals surface area contributed by atoms with E-state index in [0.29, 0.717) is 5.56 Å². The van der Waals surface area contributed by atoms with Crippen molar-refractivity contribution in [1.29, 1.82) is 0 Å². The average Bonchev–Trinajstić information content (AvgIpc) is 2.76. The Hall–Kier alpha value is -2.13. The third kappa shape index (κ3) is 9.16. The molecule has 0 aliphatic heterocycles. The lowest BCUT2D eigenvalue weighted by molar-refractivity contribution is 0.0827. The van der Waals surface area contributed by atoms with Gasteiger partial charge in [0.1, 0.15) is 0 Å². The normalized spacial score (nSPS) is 12.5. The summed E-state index contributed by atoms with van der Waals surface area (Å²) in [7, 11) is 5.31. The van der Waals surface area contributed by atoms with E-state index < -0.39 is 0 Å². The number of carbonyl (C=O) groups is 1. The van der Waals surface area contributed by atoms with E-state index in [0.717, 1.165) is 31.0 Å². The van der Waals surface area contributed by atoms with E-state index in [1.54, 1.807) is 26.0 Å². The molecule has 7 heteroatoms. The molecule has 176 valence electrons. The molecule has 2 aromatic carbocycles. The molecule has 32 heavy (non-hydrogen) atoms. The van der Waals surface area contributed by atoms with Gasteiger partial charge in [-0.1, -0.05) is 42.5 Å². The Balaban J connectivity index is 0.00000512. The molecule has 0 aromatic heterocycles. The number of halogens is 1. The van der Waals surface area contributed by atoms with Crippen LogP contribution in [0.4, 0.5) is 0 Å². The third-order valence-electron chi connectivity index (χ3n) is 5.11. The smallest absolute Gasteiger partial charge is 0.253 e. The highest BCUT2D eigenvalue weighted by atomic mass is 127. The molecule has 3 N–H and O–H groups in total. The van der Waals surface area contributed by atoms with Crippen molar-refractivity contribution in [3.63, 3.8) is 0 Å². The molecule has 1 unspecified atom stereocenters. The summed E-state index contributed by atoms with van der Waals surface area (Å²) >= 11 is 0. The Labute approximate surface area is 210 Å². The van der Waals surface area contributed by atoms with E-state index >= 15 is 0 Å². The van der Waals surface area contributed by atoms with Crippen LogP contribution in [-0.4, -0.2) is 56.5 Å². The minimum absolute atomic E-state index is 0. The molecule has 0 radical (unpaired) electrons. The van der Waals surface area contributed by atoms with Crippen LogP contribution in [0, 0.1) is 0 Å². The molecule has 0 heterocycles. The first-order chi connectivity index (χ1) is 14.7. The summed E-state index contributed by atoms with van der Waals surface area (Å²) in [6, 6.07) is 18.5. The van der Waals surface area contributed by atoms with Gasteiger partial charge in [-0.25, -0.2) is 0 Å². The number of benzene rings is 2. The number of nitrogens with zero attached hydrogens (tertiary/aromatic N) is 2. The molecule has 0 aliphatic rings. The van der Waals surface area contributed by atoms with Crippen LogP contribution in [0.5, 0.6) is 0 Å². The van der Waals surface area contributed by atoms with Crippen LogP contribution < -0.4 is 16.0 Å². The fourth-order valence-corrected chi connectivity index (χ4v) is 3.43. The maximum atomic E-state index is 12.1. The van der Waals surface area contributed by atoms with Crippen molar-refractivity contribution in [2.45, 2.75) is 38.8 Å². The van der Waals surface area contributed by atoms with E-state index in [-0.39, 0.29) is 41.5 Å². The van der Waals surface area contributed by atoms with Gasteiger partial charge >= 0.3 is 0 Å².